The maximum Gasteiger partial charge on any atom is 0.242 e. The standard InChI is InChI=1S/C20H19ClN4O/c21-18-5-3-17(4-6-18)20(19(22)26,12-15-7-10-23-11-8-15)25-14-16-2-1-9-24-13-16/h1-11,13,25H,12,14H2,(H2,22,26). The molecule has 2 heterocycles. The minimum atomic E-state index is -1.08. The van der Waals surface area contributed by atoms with Crippen LogP contribution in [0.4, 0.5) is 0 Å². The Morgan fingerprint density at radius 2 is 1.73 bits per heavy atom. The van der Waals surface area contributed by atoms with Gasteiger partial charge >= 0.3 is 0 Å². The van der Waals surface area contributed by atoms with E-state index in [1.807, 2.05) is 36.4 Å². The molecule has 1 unspecified atom stereocenters. The minimum absolute atomic E-state index is 0.396. The molecule has 0 saturated carbocycles. The third-order valence-corrected chi connectivity index (χ3v) is 4.55. The molecule has 2 aromatic heterocycles. The maximum absolute atomic E-state index is 12.6. The van der Waals surface area contributed by atoms with Crippen LogP contribution in [0.3, 0.4) is 0 Å². The zero-order valence-corrected chi connectivity index (χ0v) is 14.9. The van der Waals surface area contributed by atoms with E-state index < -0.39 is 11.4 Å². The van der Waals surface area contributed by atoms with Gasteiger partial charge in [0.05, 0.1) is 0 Å². The number of hydrogen-bond donors (Lipinski definition) is 2. The molecule has 5 nitrogen and oxygen atoms in total. The molecule has 3 N–H and O–H groups in total. The Morgan fingerprint density at radius 1 is 1.00 bits per heavy atom. The van der Waals surface area contributed by atoms with Crippen LogP contribution in [0.25, 0.3) is 0 Å². The summed E-state index contributed by atoms with van der Waals surface area (Å²) in [6, 6.07) is 14.7. The molecule has 0 aliphatic rings. The first-order valence-corrected chi connectivity index (χ1v) is 8.57. The van der Waals surface area contributed by atoms with Crippen molar-refractivity contribution in [2.24, 2.45) is 5.73 Å². The average molecular weight is 367 g/mol. The van der Waals surface area contributed by atoms with Crippen LogP contribution in [0.1, 0.15) is 16.7 Å². The van der Waals surface area contributed by atoms with Crippen LogP contribution in [0.5, 0.6) is 0 Å². The number of rotatable bonds is 7. The highest BCUT2D eigenvalue weighted by Crippen LogP contribution is 2.28. The van der Waals surface area contributed by atoms with E-state index in [1.54, 1.807) is 36.9 Å². The lowest BCUT2D eigenvalue weighted by Crippen LogP contribution is -2.54. The molecular formula is C20H19ClN4O. The third-order valence-electron chi connectivity index (χ3n) is 4.29. The van der Waals surface area contributed by atoms with E-state index in [2.05, 4.69) is 15.3 Å². The van der Waals surface area contributed by atoms with Crippen molar-refractivity contribution in [3.8, 4) is 0 Å². The summed E-state index contributed by atoms with van der Waals surface area (Å²) >= 11 is 6.02. The van der Waals surface area contributed by atoms with Gasteiger partial charge in [-0.1, -0.05) is 29.8 Å². The molecule has 0 spiro atoms. The molecule has 0 radical (unpaired) electrons. The van der Waals surface area contributed by atoms with Gasteiger partial charge in [0.2, 0.25) is 5.91 Å². The quantitative estimate of drug-likeness (QED) is 0.673. The van der Waals surface area contributed by atoms with Crippen molar-refractivity contribution < 1.29 is 4.79 Å². The molecule has 1 atom stereocenters. The Balaban J connectivity index is 1.99. The van der Waals surface area contributed by atoms with Gasteiger partial charge in [0.1, 0.15) is 5.54 Å². The highest BCUT2D eigenvalue weighted by atomic mass is 35.5. The minimum Gasteiger partial charge on any atom is -0.368 e. The molecule has 1 aromatic carbocycles. The number of carbonyl (C=O) groups excluding carboxylic acids is 1. The number of amides is 1. The smallest absolute Gasteiger partial charge is 0.242 e. The molecular weight excluding hydrogens is 348 g/mol. The Kier molecular flexibility index (Phi) is 5.61. The highest BCUT2D eigenvalue weighted by Gasteiger charge is 2.38. The fourth-order valence-electron chi connectivity index (χ4n) is 2.88. The monoisotopic (exact) mass is 366 g/mol. The first-order chi connectivity index (χ1) is 12.6. The molecule has 0 bridgehead atoms. The summed E-state index contributed by atoms with van der Waals surface area (Å²) in [5, 5.41) is 3.96. The number of primary amides is 1. The summed E-state index contributed by atoms with van der Waals surface area (Å²) in [5.74, 6) is -0.458. The zero-order valence-electron chi connectivity index (χ0n) is 14.1. The van der Waals surface area contributed by atoms with Crippen molar-refractivity contribution in [2.45, 2.75) is 18.5 Å². The number of nitrogens with zero attached hydrogens (tertiary/aromatic N) is 2. The lowest BCUT2D eigenvalue weighted by atomic mass is 9.83. The van der Waals surface area contributed by atoms with E-state index in [0.717, 1.165) is 16.7 Å². The van der Waals surface area contributed by atoms with Gasteiger partial charge in [0.15, 0.2) is 0 Å². The van der Waals surface area contributed by atoms with Crippen LogP contribution in [0.15, 0.2) is 73.3 Å². The Bertz CT molecular complexity index is 856. The van der Waals surface area contributed by atoms with Crippen molar-refractivity contribution in [3.63, 3.8) is 0 Å². The first-order valence-electron chi connectivity index (χ1n) is 8.19. The van der Waals surface area contributed by atoms with Crippen molar-refractivity contribution in [1.82, 2.24) is 15.3 Å². The van der Waals surface area contributed by atoms with E-state index in [0.29, 0.717) is 18.0 Å². The number of carbonyl (C=O) groups is 1. The zero-order chi connectivity index (χ0) is 18.4. The summed E-state index contributed by atoms with van der Waals surface area (Å²) in [6.07, 6.45) is 7.26. The van der Waals surface area contributed by atoms with Crippen molar-refractivity contribution in [3.05, 3.63) is 95.0 Å². The van der Waals surface area contributed by atoms with Crippen LogP contribution >= 0.6 is 11.6 Å². The van der Waals surface area contributed by atoms with Gasteiger partial charge in [-0.3, -0.25) is 20.1 Å². The molecule has 26 heavy (non-hydrogen) atoms. The number of hydrogen-bond acceptors (Lipinski definition) is 4. The van der Waals surface area contributed by atoms with Crippen LogP contribution in [-0.2, 0) is 23.3 Å². The van der Waals surface area contributed by atoms with Gasteiger partial charge in [-0.05, 0) is 47.0 Å². The van der Waals surface area contributed by atoms with E-state index in [1.165, 1.54) is 0 Å². The summed E-state index contributed by atoms with van der Waals surface area (Å²) < 4.78 is 0. The molecule has 0 saturated heterocycles. The van der Waals surface area contributed by atoms with E-state index in [9.17, 15) is 4.79 Å². The van der Waals surface area contributed by atoms with Gasteiger partial charge in [-0.2, -0.15) is 0 Å². The summed E-state index contributed by atoms with van der Waals surface area (Å²) in [4.78, 5) is 20.8. The second kappa shape index (κ2) is 8.08. The van der Waals surface area contributed by atoms with Crippen LogP contribution < -0.4 is 11.1 Å². The summed E-state index contributed by atoms with van der Waals surface area (Å²) in [6.45, 7) is 0.449. The largest absolute Gasteiger partial charge is 0.368 e. The Hall–Kier alpha value is -2.76. The third kappa shape index (κ3) is 4.07. The summed E-state index contributed by atoms with van der Waals surface area (Å²) in [7, 11) is 0. The van der Waals surface area contributed by atoms with E-state index >= 15 is 0 Å². The van der Waals surface area contributed by atoms with Crippen LogP contribution in [0, 0.1) is 0 Å². The average Bonchev–Trinajstić information content (AvgIpc) is 2.67. The highest BCUT2D eigenvalue weighted by molar-refractivity contribution is 6.30. The number of pyridine rings is 2. The molecule has 3 aromatic rings. The lowest BCUT2D eigenvalue weighted by molar-refractivity contribution is -0.125. The maximum atomic E-state index is 12.6. The van der Waals surface area contributed by atoms with Gasteiger partial charge in [0.25, 0.3) is 0 Å². The lowest BCUT2D eigenvalue weighted by Gasteiger charge is -2.33. The van der Waals surface area contributed by atoms with Gasteiger partial charge in [0, 0.05) is 42.8 Å². The van der Waals surface area contributed by atoms with E-state index in [-0.39, 0.29) is 0 Å². The number of halogens is 1. The molecule has 6 heteroatoms. The van der Waals surface area contributed by atoms with Gasteiger partial charge in [-0.25, -0.2) is 0 Å². The van der Waals surface area contributed by atoms with Crippen molar-refractivity contribution >= 4 is 17.5 Å². The number of benzene rings is 1. The second-order valence-electron chi connectivity index (χ2n) is 6.02. The summed E-state index contributed by atoms with van der Waals surface area (Å²) in [5.41, 5.74) is 7.48. The Labute approximate surface area is 157 Å². The van der Waals surface area contributed by atoms with Crippen molar-refractivity contribution in [1.29, 1.82) is 0 Å². The predicted molar refractivity (Wildman–Crippen MR) is 101 cm³/mol. The Morgan fingerprint density at radius 3 is 2.35 bits per heavy atom. The van der Waals surface area contributed by atoms with Crippen molar-refractivity contribution in [2.75, 3.05) is 0 Å². The SMILES string of the molecule is NC(=O)C(Cc1ccncc1)(NCc1cccnc1)c1ccc(Cl)cc1. The molecule has 0 fully saturated rings. The first kappa shape index (κ1) is 18.0. The number of nitrogens with two attached hydrogens (primary N) is 1. The molecule has 1 amide bonds. The van der Waals surface area contributed by atoms with Crippen LogP contribution in [-0.4, -0.2) is 15.9 Å². The number of nitrogens with one attached hydrogen (secondary N) is 1. The fourth-order valence-corrected chi connectivity index (χ4v) is 3.01. The topological polar surface area (TPSA) is 80.9 Å². The number of aromatic nitrogens is 2. The van der Waals surface area contributed by atoms with Gasteiger partial charge in [-0.15, -0.1) is 0 Å². The molecule has 132 valence electrons. The van der Waals surface area contributed by atoms with Crippen LogP contribution in [0.2, 0.25) is 5.02 Å². The normalized spacial score (nSPS) is 13.1. The van der Waals surface area contributed by atoms with E-state index in [4.69, 9.17) is 17.3 Å². The predicted octanol–water partition coefficient (Wildman–Crippen LogP) is 2.84. The van der Waals surface area contributed by atoms with Gasteiger partial charge < -0.3 is 5.73 Å². The second-order valence-corrected chi connectivity index (χ2v) is 6.46. The fraction of sp³-hybridized carbons (Fsp3) is 0.150. The molecule has 3 rings (SSSR count). The molecule has 0 aliphatic heterocycles. The molecule has 0 aliphatic carbocycles.